The second-order valence-electron chi connectivity index (χ2n) is 3.73. The summed E-state index contributed by atoms with van der Waals surface area (Å²) in [6, 6.07) is 8.24. The third kappa shape index (κ3) is 2.12. The van der Waals surface area contributed by atoms with E-state index in [-0.39, 0.29) is 5.97 Å². The van der Waals surface area contributed by atoms with Crippen LogP contribution in [0.4, 0.5) is 5.69 Å². The molecular weight excluding hydrogens is 190 g/mol. The summed E-state index contributed by atoms with van der Waals surface area (Å²) in [4.78, 5) is 13.3. The van der Waals surface area contributed by atoms with E-state index >= 15 is 0 Å². The Morgan fingerprint density at radius 3 is 3.07 bits per heavy atom. The minimum atomic E-state index is -0.174. The van der Waals surface area contributed by atoms with Crippen LogP contribution in [-0.4, -0.2) is 26.2 Å². The zero-order chi connectivity index (χ0) is 10.7. The largest absolute Gasteiger partial charge is 0.468 e. The van der Waals surface area contributed by atoms with Crippen LogP contribution >= 0.6 is 0 Å². The van der Waals surface area contributed by atoms with Crippen LogP contribution in [-0.2, 0) is 16.0 Å². The fourth-order valence-corrected chi connectivity index (χ4v) is 2.00. The summed E-state index contributed by atoms with van der Waals surface area (Å²) < 4.78 is 4.69. The zero-order valence-electron chi connectivity index (χ0n) is 8.90. The number of benzene rings is 1. The van der Waals surface area contributed by atoms with Gasteiger partial charge in [-0.25, -0.2) is 0 Å². The highest BCUT2D eigenvalue weighted by molar-refractivity contribution is 5.76. The number of esters is 1. The molecule has 1 aliphatic heterocycles. The van der Waals surface area contributed by atoms with Crippen LogP contribution in [0, 0.1) is 0 Å². The van der Waals surface area contributed by atoms with Crippen LogP contribution in [0.5, 0.6) is 0 Å². The number of carbonyl (C=O) groups excluding carboxylic acids is 1. The summed E-state index contributed by atoms with van der Waals surface area (Å²) in [5.74, 6) is -0.174. The van der Waals surface area contributed by atoms with Crippen molar-refractivity contribution in [3.63, 3.8) is 0 Å². The minimum Gasteiger partial charge on any atom is -0.468 e. The predicted molar refractivity (Wildman–Crippen MR) is 59.0 cm³/mol. The van der Waals surface area contributed by atoms with Gasteiger partial charge in [-0.05, 0) is 24.5 Å². The predicted octanol–water partition coefficient (Wildman–Crippen LogP) is 1.61. The van der Waals surface area contributed by atoms with Gasteiger partial charge in [0.2, 0.25) is 0 Å². The number of para-hydroxylation sites is 1. The van der Waals surface area contributed by atoms with Crippen molar-refractivity contribution in [3.8, 4) is 0 Å². The summed E-state index contributed by atoms with van der Waals surface area (Å²) in [6.07, 6.45) is 2.21. The summed E-state index contributed by atoms with van der Waals surface area (Å²) in [5, 5.41) is 0. The summed E-state index contributed by atoms with van der Waals surface area (Å²) >= 11 is 0. The molecule has 0 saturated carbocycles. The fourth-order valence-electron chi connectivity index (χ4n) is 2.00. The van der Waals surface area contributed by atoms with E-state index in [1.165, 1.54) is 18.4 Å². The molecule has 0 bridgehead atoms. The molecule has 0 N–H and O–H groups in total. The first-order chi connectivity index (χ1) is 7.31. The van der Waals surface area contributed by atoms with Crippen molar-refractivity contribution in [2.45, 2.75) is 12.8 Å². The van der Waals surface area contributed by atoms with Crippen molar-refractivity contribution < 1.29 is 9.53 Å². The van der Waals surface area contributed by atoms with E-state index in [2.05, 4.69) is 21.8 Å². The molecule has 1 heterocycles. The Bertz CT molecular complexity index is 362. The summed E-state index contributed by atoms with van der Waals surface area (Å²) in [7, 11) is 1.43. The van der Waals surface area contributed by atoms with Gasteiger partial charge in [0.05, 0.1) is 7.11 Å². The van der Waals surface area contributed by atoms with Crippen molar-refractivity contribution in [2.75, 3.05) is 25.1 Å². The van der Waals surface area contributed by atoms with Crippen molar-refractivity contribution in [2.24, 2.45) is 0 Å². The molecule has 0 amide bonds. The third-order valence-corrected chi connectivity index (χ3v) is 2.75. The van der Waals surface area contributed by atoms with Gasteiger partial charge in [0.15, 0.2) is 0 Å². The second-order valence-corrected chi connectivity index (χ2v) is 3.73. The number of fused-ring (bicyclic) bond motifs is 1. The monoisotopic (exact) mass is 205 g/mol. The van der Waals surface area contributed by atoms with Gasteiger partial charge in [0, 0.05) is 12.2 Å². The first-order valence-electron chi connectivity index (χ1n) is 5.21. The molecule has 0 spiro atoms. The fraction of sp³-hybridized carbons (Fsp3) is 0.417. The smallest absolute Gasteiger partial charge is 0.325 e. The number of rotatable bonds is 2. The van der Waals surface area contributed by atoms with Crippen molar-refractivity contribution in [1.29, 1.82) is 0 Å². The number of carbonyl (C=O) groups is 1. The molecule has 0 saturated heterocycles. The summed E-state index contributed by atoms with van der Waals surface area (Å²) in [5.41, 5.74) is 2.50. The molecule has 80 valence electrons. The standard InChI is InChI=1S/C12H15NO2/c1-15-12(14)9-13-8-4-6-10-5-2-3-7-11(10)13/h2-3,5,7H,4,6,8-9H2,1H3. The van der Waals surface area contributed by atoms with E-state index < -0.39 is 0 Å². The van der Waals surface area contributed by atoms with Gasteiger partial charge in [0.1, 0.15) is 6.54 Å². The van der Waals surface area contributed by atoms with Crippen LogP contribution in [0.1, 0.15) is 12.0 Å². The third-order valence-electron chi connectivity index (χ3n) is 2.75. The number of aryl methyl sites for hydroxylation is 1. The topological polar surface area (TPSA) is 29.5 Å². The van der Waals surface area contributed by atoms with E-state index in [9.17, 15) is 4.79 Å². The number of methoxy groups -OCH3 is 1. The van der Waals surface area contributed by atoms with Crippen molar-refractivity contribution >= 4 is 11.7 Å². The SMILES string of the molecule is COC(=O)CN1CCCc2ccccc21. The molecular formula is C12H15NO2. The van der Waals surface area contributed by atoms with Crippen molar-refractivity contribution in [3.05, 3.63) is 29.8 Å². The lowest BCUT2D eigenvalue weighted by Crippen LogP contribution is -2.34. The average molecular weight is 205 g/mol. The highest BCUT2D eigenvalue weighted by Crippen LogP contribution is 2.26. The van der Waals surface area contributed by atoms with Crippen LogP contribution in [0.15, 0.2) is 24.3 Å². The Morgan fingerprint density at radius 2 is 2.27 bits per heavy atom. The van der Waals surface area contributed by atoms with Gasteiger partial charge in [0.25, 0.3) is 0 Å². The molecule has 0 radical (unpaired) electrons. The van der Waals surface area contributed by atoms with Crippen LogP contribution < -0.4 is 4.90 Å². The van der Waals surface area contributed by atoms with Gasteiger partial charge in [-0.1, -0.05) is 18.2 Å². The van der Waals surface area contributed by atoms with Gasteiger partial charge in [-0.2, -0.15) is 0 Å². The first kappa shape index (κ1) is 10.0. The Kier molecular flexibility index (Phi) is 2.90. The molecule has 2 rings (SSSR count). The number of hydrogen-bond donors (Lipinski definition) is 0. The Labute approximate surface area is 89.7 Å². The lowest BCUT2D eigenvalue weighted by atomic mass is 10.0. The van der Waals surface area contributed by atoms with Gasteiger partial charge >= 0.3 is 5.97 Å². The Morgan fingerprint density at radius 1 is 1.47 bits per heavy atom. The lowest BCUT2D eigenvalue weighted by molar-refractivity contribution is -0.138. The van der Waals surface area contributed by atoms with Crippen LogP contribution in [0.2, 0.25) is 0 Å². The molecule has 1 aromatic carbocycles. The molecule has 15 heavy (non-hydrogen) atoms. The molecule has 0 aliphatic carbocycles. The molecule has 1 aromatic rings. The van der Waals surface area contributed by atoms with Crippen molar-refractivity contribution in [1.82, 2.24) is 0 Å². The maximum atomic E-state index is 11.2. The quantitative estimate of drug-likeness (QED) is 0.687. The van der Waals surface area contributed by atoms with Gasteiger partial charge < -0.3 is 9.64 Å². The summed E-state index contributed by atoms with van der Waals surface area (Å²) in [6.45, 7) is 1.29. The van der Waals surface area contributed by atoms with Crippen LogP contribution in [0.3, 0.4) is 0 Å². The number of hydrogen-bond acceptors (Lipinski definition) is 3. The highest BCUT2D eigenvalue weighted by atomic mass is 16.5. The van der Waals surface area contributed by atoms with E-state index in [0.29, 0.717) is 6.54 Å². The van der Waals surface area contributed by atoms with E-state index in [0.717, 1.165) is 19.4 Å². The maximum absolute atomic E-state index is 11.2. The van der Waals surface area contributed by atoms with Gasteiger partial charge in [-0.3, -0.25) is 4.79 Å². The highest BCUT2D eigenvalue weighted by Gasteiger charge is 2.18. The molecule has 0 unspecified atom stereocenters. The Hall–Kier alpha value is -1.51. The van der Waals surface area contributed by atoms with E-state index in [1.54, 1.807) is 0 Å². The molecule has 0 aromatic heterocycles. The maximum Gasteiger partial charge on any atom is 0.325 e. The van der Waals surface area contributed by atoms with E-state index in [1.807, 2.05) is 12.1 Å². The second kappa shape index (κ2) is 4.34. The molecule has 0 atom stereocenters. The average Bonchev–Trinajstić information content (AvgIpc) is 2.29. The first-order valence-corrected chi connectivity index (χ1v) is 5.21. The van der Waals surface area contributed by atoms with Crippen LogP contribution in [0.25, 0.3) is 0 Å². The van der Waals surface area contributed by atoms with E-state index in [4.69, 9.17) is 0 Å². The molecule has 0 fully saturated rings. The lowest BCUT2D eigenvalue weighted by Gasteiger charge is -2.30. The molecule has 3 nitrogen and oxygen atoms in total. The number of nitrogens with zero attached hydrogens (tertiary/aromatic N) is 1. The zero-order valence-corrected chi connectivity index (χ0v) is 8.90. The normalized spacial score (nSPS) is 14.6. The number of anilines is 1. The number of ether oxygens (including phenoxy) is 1. The minimum absolute atomic E-state index is 0.174. The Balaban J connectivity index is 2.18. The van der Waals surface area contributed by atoms with Gasteiger partial charge in [-0.15, -0.1) is 0 Å². The molecule has 3 heteroatoms. The molecule has 1 aliphatic rings.